The highest BCUT2D eigenvalue weighted by atomic mass is 19.2. The number of hydrogen-bond donors (Lipinski definition) is 3. The minimum Gasteiger partial charge on any atom is -0.462 e. The first-order chi connectivity index (χ1) is 23.8. The molecule has 1 aliphatic heterocycles. The fraction of sp³-hybridized carbons (Fsp3) is 0.0588. The normalized spacial score (nSPS) is 12.0. The maximum absolute atomic E-state index is 15.3. The standard InChI is InChI=1S/C34H16F10N4O2/c1-2-50-34(49)21-17-9-7-15(47-17)19(22-24(35)28(39)32(43)29(40)25(22)36)13-5-3-11(45-13)12-4-6-14(46-12)20(16-8-10-18(21)48-16)23-26(37)30(41)33(44)31(42)27(23)38/h3-10,45-47H,2H2,1H3. The van der Waals surface area contributed by atoms with E-state index < -0.39 is 86.4 Å². The van der Waals surface area contributed by atoms with Crippen LogP contribution in [0.15, 0.2) is 36.4 Å². The smallest absolute Gasteiger partial charge is 0.342 e. The Morgan fingerprint density at radius 3 is 1.34 bits per heavy atom. The van der Waals surface area contributed by atoms with Gasteiger partial charge in [0, 0.05) is 27.7 Å². The molecule has 0 saturated carbocycles. The van der Waals surface area contributed by atoms with Gasteiger partial charge in [-0.15, -0.1) is 0 Å². The van der Waals surface area contributed by atoms with E-state index in [1.807, 2.05) is 0 Å². The van der Waals surface area contributed by atoms with Gasteiger partial charge in [0.2, 0.25) is 11.6 Å². The first kappa shape index (κ1) is 32.5. The van der Waals surface area contributed by atoms with Crippen LogP contribution in [0.3, 0.4) is 0 Å². The van der Waals surface area contributed by atoms with Gasteiger partial charge < -0.3 is 19.7 Å². The number of halogens is 10. The fourth-order valence-electron chi connectivity index (χ4n) is 5.74. The number of carbonyl (C=O) groups is 1. The quantitative estimate of drug-likeness (QED) is 0.0739. The van der Waals surface area contributed by atoms with E-state index in [1.165, 1.54) is 49.4 Å². The van der Waals surface area contributed by atoms with Crippen LogP contribution in [0.25, 0.3) is 67.5 Å². The SMILES string of the molecule is CCOC(=O)c1c2nc(c(-c3c(F)c(F)c(F)c(F)c3F)c3ccc([nH]3)c3ccc([nH]3)c(-c3c(F)c(F)c(F)c(F)c3F)c3ccc1[nH]3)C=C2. The molecule has 1 aliphatic rings. The van der Waals surface area contributed by atoms with Gasteiger partial charge in [-0.05, 0) is 55.5 Å². The third-order valence-electron chi connectivity index (χ3n) is 7.98. The lowest BCUT2D eigenvalue weighted by Crippen LogP contribution is -2.07. The molecule has 6 nitrogen and oxygen atoms in total. The number of nitrogens with zero attached hydrogens (tertiary/aromatic N) is 1. The molecule has 0 fully saturated rings. The number of fused-ring (bicyclic) bond motifs is 9. The summed E-state index contributed by atoms with van der Waals surface area (Å²) in [5, 5.41) is 0. The lowest BCUT2D eigenvalue weighted by molar-refractivity contribution is 0.0528. The molecule has 254 valence electrons. The van der Waals surface area contributed by atoms with E-state index in [-0.39, 0.29) is 56.7 Å². The first-order valence-electron chi connectivity index (χ1n) is 14.4. The Morgan fingerprint density at radius 1 is 0.500 bits per heavy atom. The van der Waals surface area contributed by atoms with Gasteiger partial charge in [0.05, 0.1) is 45.7 Å². The molecule has 8 bridgehead atoms. The van der Waals surface area contributed by atoms with E-state index in [1.54, 1.807) is 0 Å². The van der Waals surface area contributed by atoms with Crippen molar-refractivity contribution in [1.82, 2.24) is 19.9 Å². The zero-order chi connectivity index (χ0) is 35.8. The Kier molecular flexibility index (Phi) is 7.68. The second kappa shape index (κ2) is 11.8. The number of nitrogens with one attached hydrogen (secondary N) is 3. The summed E-state index contributed by atoms with van der Waals surface area (Å²) in [7, 11) is 0. The number of benzene rings is 2. The number of aromatic amines is 3. The van der Waals surface area contributed by atoms with Crippen LogP contribution in [0.1, 0.15) is 28.7 Å². The van der Waals surface area contributed by atoms with Crippen LogP contribution in [0, 0.1) is 58.2 Å². The molecule has 16 heteroatoms. The highest BCUT2D eigenvalue weighted by Gasteiger charge is 2.31. The molecule has 50 heavy (non-hydrogen) atoms. The van der Waals surface area contributed by atoms with Crippen molar-refractivity contribution >= 4 is 51.2 Å². The largest absolute Gasteiger partial charge is 0.462 e. The number of H-pyrrole nitrogens is 3. The lowest BCUT2D eigenvalue weighted by atomic mass is 10.0. The van der Waals surface area contributed by atoms with Crippen molar-refractivity contribution < 1.29 is 53.4 Å². The monoisotopic (exact) mass is 702 g/mol. The second-order valence-electron chi connectivity index (χ2n) is 10.8. The van der Waals surface area contributed by atoms with E-state index in [4.69, 9.17) is 4.74 Å². The van der Waals surface area contributed by atoms with E-state index in [0.717, 1.165) is 6.08 Å². The minimum atomic E-state index is -2.40. The van der Waals surface area contributed by atoms with Gasteiger partial charge in [0.15, 0.2) is 46.5 Å². The molecule has 3 N–H and O–H groups in total. The third-order valence-corrected chi connectivity index (χ3v) is 7.98. The minimum absolute atomic E-state index is 0.0805. The van der Waals surface area contributed by atoms with Gasteiger partial charge in [-0.25, -0.2) is 53.7 Å². The number of aromatic nitrogens is 4. The van der Waals surface area contributed by atoms with Gasteiger partial charge in [-0.3, -0.25) is 0 Å². The topological polar surface area (TPSA) is 86.6 Å². The molecule has 4 aromatic heterocycles. The van der Waals surface area contributed by atoms with Crippen molar-refractivity contribution in [2.24, 2.45) is 0 Å². The van der Waals surface area contributed by atoms with Crippen LogP contribution < -0.4 is 0 Å². The third kappa shape index (κ3) is 4.81. The summed E-state index contributed by atoms with van der Waals surface area (Å²) in [5.74, 6) is -23.4. The van der Waals surface area contributed by atoms with E-state index >= 15 is 17.6 Å². The Balaban J connectivity index is 1.71. The highest BCUT2D eigenvalue weighted by molar-refractivity contribution is 6.04. The molecule has 6 aromatic rings. The van der Waals surface area contributed by atoms with Crippen LogP contribution in [0.4, 0.5) is 43.9 Å². The maximum Gasteiger partial charge on any atom is 0.342 e. The molecular formula is C34H16F10N4O2. The summed E-state index contributed by atoms with van der Waals surface area (Å²) < 4.78 is 153. The summed E-state index contributed by atoms with van der Waals surface area (Å²) in [6.45, 7) is 1.29. The Hall–Kier alpha value is -6.06. The average Bonchev–Trinajstić information content (AvgIpc) is 3.93. The van der Waals surface area contributed by atoms with E-state index in [0.29, 0.717) is 0 Å². The number of hydrogen-bond acceptors (Lipinski definition) is 3. The van der Waals surface area contributed by atoms with Crippen molar-refractivity contribution in [1.29, 1.82) is 0 Å². The summed E-state index contributed by atoms with van der Waals surface area (Å²) in [5.41, 5.74) is -5.54. The number of rotatable bonds is 4. The number of carbonyl (C=O) groups excluding carboxylic acids is 1. The summed E-state index contributed by atoms with van der Waals surface area (Å²) >= 11 is 0. The number of ether oxygens (including phenoxy) is 1. The van der Waals surface area contributed by atoms with E-state index in [9.17, 15) is 31.1 Å². The van der Waals surface area contributed by atoms with Crippen molar-refractivity contribution in [3.8, 4) is 22.3 Å². The van der Waals surface area contributed by atoms with Crippen molar-refractivity contribution in [3.63, 3.8) is 0 Å². The molecule has 7 rings (SSSR count). The first-order valence-corrected chi connectivity index (χ1v) is 14.4. The van der Waals surface area contributed by atoms with Gasteiger partial charge in [0.1, 0.15) is 5.56 Å². The number of esters is 1. The lowest BCUT2D eigenvalue weighted by Gasteiger charge is -2.10. The molecule has 5 heterocycles. The molecule has 0 spiro atoms. The van der Waals surface area contributed by atoms with E-state index in [2.05, 4.69) is 19.9 Å². The molecule has 0 atom stereocenters. The van der Waals surface area contributed by atoms with Crippen LogP contribution in [-0.2, 0) is 4.74 Å². The van der Waals surface area contributed by atoms with Crippen LogP contribution in [0.5, 0.6) is 0 Å². The zero-order valence-electron chi connectivity index (χ0n) is 24.9. The van der Waals surface area contributed by atoms with Gasteiger partial charge in [-0.1, -0.05) is 0 Å². The summed E-state index contributed by atoms with van der Waals surface area (Å²) in [6, 6.07) is 7.46. The van der Waals surface area contributed by atoms with Crippen molar-refractivity contribution in [2.75, 3.05) is 6.61 Å². The molecule has 0 amide bonds. The summed E-state index contributed by atoms with van der Waals surface area (Å²) in [4.78, 5) is 25.9. The van der Waals surface area contributed by atoms with Gasteiger partial charge in [0.25, 0.3) is 0 Å². The van der Waals surface area contributed by atoms with Crippen molar-refractivity contribution in [2.45, 2.75) is 6.92 Å². The summed E-state index contributed by atoms with van der Waals surface area (Å²) in [6.07, 6.45) is 2.31. The zero-order valence-corrected chi connectivity index (χ0v) is 24.9. The molecule has 0 unspecified atom stereocenters. The maximum atomic E-state index is 15.3. The molecule has 2 aromatic carbocycles. The second-order valence-corrected chi connectivity index (χ2v) is 10.8. The van der Waals surface area contributed by atoms with Gasteiger partial charge in [-0.2, -0.15) is 0 Å². The van der Waals surface area contributed by atoms with Crippen LogP contribution >= 0.6 is 0 Å². The molecule has 0 saturated heterocycles. The molecule has 0 aliphatic carbocycles. The molecular weight excluding hydrogens is 686 g/mol. The van der Waals surface area contributed by atoms with Crippen LogP contribution in [0.2, 0.25) is 0 Å². The fourth-order valence-corrected chi connectivity index (χ4v) is 5.74. The predicted molar refractivity (Wildman–Crippen MR) is 162 cm³/mol. The predicted octanol–water partition coefficient (Wildman–Crippen LogP) is 9.60. The Bertz CT molecular complexity index is 2550. The van der Waals surface area contributed by atoms with Crippen molar-refractivity contribution in [3.05, 3.63) is 112 Å². The van der Waals surface area contributed by atoms with Crippen LogP contribution in [-0.4, -0.2) is 32.5 Å². The molecule has 0 radical (unpaired) electrons. The highest BCUT2D eigenvalue weighted by Crippen LogP contribution is 2.39. The Morgan fingerprint density at radius 2 is 0.860 bits per heavy atom. The van der Waals surface area contributed by atoms with Gasteiger partial charge >= 0.3 is 5.97 Å². The Labute approximate surface area is 272 Å². The average molecular weight is 703 g/mol.